The summed E-state index contributed by atoms with van der Waals surface area (Å²) in [6.07, 6.45) is 0. The van der Waals surface area contributed by atoms with Gasteiger partial charge in [0.1, 0.15) is 12.3 Å². The number of aryl methyl sites for hydroxylation is 1. The first-order valence-electron chi connectivity index (χ1n) is 5.04. The lowest BCUT2D eigenvalue weighted by Crippen LogP contribution is -2.54. The summed E-state index contributed by atoms with van der Waals surface area (Å²) in [7, 11) is 0. The largest absolute Gasteiger partial charge is 0.708 e. The van der Waals surface area contributed by atoms with Gasteiger partial charge in [-0.2, -0.15) is 9.52 Å². The van der Waals surface area contributed by atoms with Gasteiger partial charge in [-0.25, -0.2) is 0 Å². The van der Waals surface area contributed by atoms with Gasteiger partial charge in [-0.05, 0) is 30.7 Å². The molecule has 0 atom stereocenters. The molecule has 2 aromatic rings. The molecular formula is C11H12N2O3. The fourth-order valence-corrected chi connectivity index (χ4v) is 1.65. The normalized spacial score (nSPS) is 10.6. The fraction of sp³-hybridized carbons (Fsp3) is 0.273. The number of fused-ring (bicyclic) bond motifs is 1. The quantitative estimate of drug-likeness (QED) is 0.543. The fourth-order valence-electron chi connectivity index (χ4n) is 1.65. The highest BCUT2D eigenvalue weighted by atomic mass is 16.7. The lowest BCUT2D eigenvalue weighted by molar-refractivity contribution is -0.633. The number of aromatic nitrogens is 2. The van der Waals surface area contributed by atoms with Gasteiger partial charge in [-0.3, -0.25) is 0 Å². The summed E-state index contributed by atoms with van der Waals surface area (Å²) < 4.78 is 1.38. The van der Waals surface area contributed by atoms with Crippen LogP contribution in [0.15, 0.2) is 29.1 Å². The van der Waals surface area contributed by atoms with E-state index in [1.807, 2.05) is 6.07 Å². The molecule has 0 fully saturated rings. The zero-order valence-electron chi connectivity index (χ0n) is 9.14. The topological polar surface area (TPSA) is 58.2 Å². The number of para-hydroxylation sites is 1. The minimum Gasteiger partial charge on any atom is -0.708 e. The first kappa shape index (κ1) is 10.5. The Bertz CT molecular complexity index is 590. The molecule has 0 bridgehead atoms. The Morgan fingerprint density at radius 1 is 1.44 bits per heavy atom. The van der Waals surface area contributed by atoms with Crippen LogP contribution in [0, 0.1) is 12.1 Å². The van der Waals surface area contributed by atoms with Gasteiger partial charge in [0, 0.05) is 0 Å². The Balaban J connectivity index is 2.92. The van der Waals surface area contributed by atoms with Gasteiger partial charge >= 0.3 is 5.69 Å². The Kier molecular flexibility index (Phi) is 2.52. The third-order valence-electron chi connectivity index (χ3n) is 2.42. The van der Waals surface area contributed by atoms with Gasteiger partial charge in [0.2, 0.25) is 0 Å². The molecule has 0 saturated heterocycles. The Labute approximate surface area is 92.0 Å². The van der Waals surface area contributed by atoms with E-state index in [-0.39, 0.29) is 0 Å². The van der Waals surface area contributed by atoms with Crippen molar-refractivity contribution in [1.29, 1.82) is 0 Å². The van der Waals surface area contributed by atoms with Crippen molar-refractivity contribution < 1.29 is 9.57 Å². The van der Waals surface area contributed by atoms with E-state index in [1.54, 1.807) is 32.0 Å². The predicted octanol–water partition coefficient (Wildman–Crippen LogP) is 0.392. The van der Waals surface area contributed by atoms with E-state index in [0.717, 1.165) is 4.73 Å². The highest BCUT2D eigenvalue weighted by Crippen LogP contribution is 2.12. The van der Waals surface area contributed by atoms with Crippen molar-refractivity contribution in [3.63, 3.8) is 0 Å². The zero-order valence-corrected chi connectivity index (χ0v) is 9.14. The van der Waals surface area contributed by atoms with Gasteiger partial charge in [-0.15, -0.1) is 0 Å². The average Bonchev–Trinajstić information content (AvgIpc) is 2.32. The molecule has 0 aliphatic rings. The molecule has 0 saturated carbocycles. The van der Waals surface area contributed by atoms with Crippen molar-refractivity contribution >= 4 is 10.9 Å². The number of rotatable bonds is 2. The molecule has 0 aliphatic heterocycles. The third-order valence-corrected chi connectivity index (χ3v) is 2.42. The van der Waals surface area contributed by atoms with Crippen LogP contribution in [0.5, 0.6) is 0 Å². The number of hydrogen-bond acceptors (Lipinski definition) is 3. The van der Waals surface area contributed by atoms with Crippen LogP contribution in [0.25, 0.3) is 10.9 Å². The lowest BCUT2D eigenvalue weighted by Gasteiger charge is -2.10. The minimum atomic E-state index is -0.710. The van der Waals surface area contributed by atoms with E-state index in [9.17, 15) is 10.0 Å². The van der Waals surface area contributed by atoms with Crippen LogP contribution in [0.2, 0.25) is 0 Å². The van der Waals surface area contributed by atoms with E-state index in [0.29, 0.717) is 27.9 Å². The molecule has 0 unspecified atom stereocenters. The van der Waals surface area contributed by atoms with E-state index >= 15 is 0 Å². The third kappa shape index (κ3) is 1.41. The molecule has 1 heterocycles. The highest BCUT2D eigenvalue weighted by molar-refractivity contribution is 5.79. The lowest BCUT2D eigenvalue weighted by atomic mass is 10.2. The molecule has 0 N–H and O–H groups in total. The minimum absolute atomic E-state index is 0.326. The van der Waals surface area contributed by atoms with Gasteiger partial charge in [0.15, 0.2) is 5.52 Å². The summed E-state index contributed by atoms with van der Waals surface area (Å²) >= 11 is 0. The molecule has 0 radical (unpaired) electrons. The van der Waals surface area contributed by atoms with Crippen molar-refractivity contribution in [1.82, 2.24) is 4.73 Å². The predicted molar refractivity (Wildman–Crippen MR) is 59.0 cm³/mol. The van der Waals surface area contributed by atoms with Crippen LogP contribution in [0.4, 0.5) is 0 Å². The van der Waals surface area contributed by atoms with Crippen LogP contribution < -0.4 is 15.3 Å². The van der Waals surface area contributed by atoms with Crippen molar-refractivity contribution in [2.75, 3.05) is 6.61 Å². The molecule has 1 aromatic heterocycles. The summed E-state index contributed by atoms with van der Waals surface area (Å²) in [4.78, 5) is 16.9. The summed E-state index contributed by atoms with van der Waals surface area (Å²) in [6, 6.07) is 7.15. The van der Waals surface area contributed by atoms with Crippen molar-refractivity contribution in [2.45, 2.75) is 13.8 Å². The van der Waals surface area contributed by atoms with Crippen LogP contribution in [0.1, 0.15) is 12.6 Å². The van der Waals surface area contributed by atoms with E-state index in [1.165, 1.54) is 0 Å². The number of benzene rings is 1. The SMILES string of the molecule is CCOn1c(=O)[n+]([O-])c(C)c2ccccc21. The van der Waals surface area contributed by atoms with Crippen molar-refractivity contribution in [3.05, 3.63) is 45.7 Å². The Morgan fingerprint density at radius 3 is 2.81 bits per heavy atom. The summed E-state index contributed by atoms with van der Waals surface area (Å²) in [5.41, 5.74) is 0.286. The second-order valence-corrected chi connectivity index (χ2v) is 3.39. The second kappa shape index (κ2) is 3.84. The van der Waals surface area contributed by atoms with Crippen LogP contribution in [-0.4, -0.2) is 11.3 Å². The maximum absolute atomic E-state index is 11.7. The van der Waals surface area contributed by atoms with Gasteiger partial charge in [0.05, 0.1) is 5.39 Å². The Hall–Kier alpha value is -2.04. The summed E-state index contributed by atoms with van der Waals surface area (Å²) in [5, 5.41) is 12.3. The number of nitrogens with zero attached hydrogens (tertiary/aromatic N) is 2. The molecule has 0 aliphatic carbocycles. The van der Waals surface area contributed by atoms with Gasteiger partial charge in [0.25, 0.3) is 0 Å². The van der Waals surface area contributed by atoms with Crippen molar-refractivity contribution in [3.8, 4) is 0 Å². The Morgan fingerprint density at radius 2 is 2.12 bits per heavy atom. The molecule has 0 amide bonds. The molecular weight excluding hydrogens is 208 g/mol. The summed E-state index contributed by atoms with van der Waals surface area (Å²) in [5.74, 6) is 0. The van der Waals surface area contributed by atoms with Crippen LogP contribution in [0.3, 0.4) is 0 Å². The average molecular weight is 220 g/mol. The number of hydrogen-bond donors (Lipinski definition) is 0. The van der Waals surface area contributed by atoms with Crippen LogP contribution in [-0.2, 0) is 0 Å². The monoisotopic (exact) mass is 220 g/mol. The zero-order chi connectivity index (χ0) is 11.7. The molecule has 5 heteroatoms. The smallest absolute Gasteiger partial charge is 0.541 e. The van der Waals surface area contributed by atoms with E-state index in [2.05, 4.69) is 0 Å². The maximum atomic E-state index is 11.7. The standard InChI is InChI=1S/C11H12N2O3/c1-3-16-13-10-7-5-4-6-9(10)8(2)12(15)11(13)14/h4-7H,3H2,1-2H3. The van der Waals surface area contributed by atoms with Gasteiger partial charge < -0.3 is 10.0 Å². The molecule has 5 nitrogen and oxygen atoms in total. The molecule has 2 rings (SSSR count). The van der Waals surface area contributed by atoms with Crippen molar-refractivity contribution in [2.24, 2.45) is 0 Å². The molecule has 1 aromatic carbocycles. The molecule has 0 spiro atoms. The molecule has 16 heavy (non-hydrogen) atoms. The van der Waals surface area contributed by atoms with Gasteiger partial charge in [-0.1, -0.05) is 12.1 Å². The molecule has 84 valence electrons. The first-order valence-corrected chi connectivity index (χ1v) is 5.04. The second-order valence-electron chi connectivity index (χ2n) is 3.39. The van der Waals surface area contributed by atoms with Crippen LogP contribution >= 0.6 is 0 Å². The highest BCUT2D eigenvalue weighted by Gasteiger charge is 2.17. The first-order chi connectivity index (χ1) is 7.66. The maximum Gasteiger partial charge on any atom is 0.541 e. The van der Waals surface area contributed by atoms with E-state index < -0.39 is 5.69 Å². The van der Waals surface area contributed by atoms with E-state index in [4.69, 9.17) is 4.84 Å². The summed E-state index contributed by atoms with van der Waals surface area (Å²) in [6.45, 7) is 3.70.